The van der Waals surface area contributed by atoms with Crippen molar-refractivity contribution in [3.63, 3.8) is 0 Å². The van der Waals surface area contributed by atoms with Gasteiger partial charge in [0.25, 0.3) is 0 Å². The summed E-state index contributed by atoms with van der Waals surface area (Å²) in [4.78, 5) is 25.8. The van der Waals surface area contributed by atoms with Crippen molar-refractivity contribution in [1.29, 1.82) is 0 Å². The summed E-state index contributed by atoms with van der Waals surface area (Å²) < 4.78 is 10.9. The number of para-hydroxylation sites is 1. The first-order chi connectivity index (χ1) is 16.3. The number of hydrogen-bond donors (Lipinski definition) is 1. The molecule has 3 aromatic rings. The van der Waals surface area contributed by atoms with Crippen molar-refractivity contribution in [1.82, 2.24) is 25.3 Å². The topological polar surface area (TPSA) is 92.7 Å². The maximum atomic E-state index is 12.0. The lowest BCUT2D eigenvalue weighted by Crippen LogP contribution is -2.47. The van der Waals surface area contributed by atoms with E-state index in [9.17, 15) is 4.79 Å². The van der Waals surface area contributed by atoms with Crippen LogP contribution < -0.4 is 15.1 Å². The molecule has 168 valence electrons. The Morgan fingerprint density at radius 1 is 1.15 bits per heavy atom. The highest BCUT2D eigenvalue weighted by Crippen LogP contribution is 2.38. The number of pyridine rings is 1. The van der Waals surface area contributed by atoms with Crippen LogP contribution in [0.15, 0.2) is 55.0 Å². The first-order valence-corrected chi connectivity index (χ1v) is 10.8. The molecule has 1 saturated heterocycles. The van der Waals surface area contributed by atoms with E-state index in [1.54, 1.807) is 25.7 Å². The van der Waals surface area contributed by atoms with Crippen LogP contribution in [0.4, 0.5) is 11.5 Å². The maximum absolute atomic E-state index is 12.0. The molecule has 5 rings (SSSR count). The average Bonchev–Trinajstić information content (AvgIpc) is 2.89. The van der Waals surface area contributed by atoms with E-state index in [1.807, 2.05) is 42.5 Å². The Balaban J connectivity index is 1.73. The van der Waals surface area contributed by atoms with Crippen molar-refractivity contribution in [2.45, 2.75) is 6.04 Å². The first-order valence-electron chi connectivity index (χ1n) is 10.8. The summed E-state index contributed by atoms with van der Waals surface area (Å²) in [5, 5.41) is 7.42. The van der Waals surface area contributed by atoms with Crippen molar-refractivity contribution in [3.05, 3.63) is 66.1 Å². The molecule has 0 spiro atoms. The number of nitrogens with one attached hydrogen (secondary N) is 1. The Bertz CT molecular complexity index is 1160. The fourth-order valence-electron chi connectivity index (χ4n) is 4.05. The van der Waals surface area contributed by atoms with Gasteiger partial charge in [0.1, 0.15) is 18.0 Å². The number of morpholine rings is 1. The van der Waals surface area contributed by atoms with Gasteiger partial charge in [-0.05, 0) is 36.0 Å². The number of anilines is 2. The van der Waals surface area contributed by atoms with Crippen LogP contribution in [0.2, 0.25) is 0 Å². The molecule has 9 heteroatoms. The lowest BCUT2D eigenvalue weighted by atomic mass is 9.97. The Kier molecular flexibility index (Phi) is 5.97. The van der Waals surface area contributed by atoms with Crippen molar-refractivity contribution in [2.75, 3.05) is 38.4 Å². The van der Waals surface area contributed by atoms with E-state index in [4.69, 9.17) is 14.5 Å². The normalized spacial score (nSPS) is 17.7. The molecule has 2 aromatic heterocycles. The van der Waals surface area contributed by atoms with Crippen LogP contribution in [-0.4, -0.2) is 59.7 Å². The zero-order chi connectivity index (χ0) is 22.6. The third-order valence-electron chi connectivity index (χ3n) is 5.61. The number of aldehydes is 1. The van der Waals surface area contributed by atoms with E-state index in [0.29, 0.717) is 49.4 Å². The molecule has 0 radical (unpaired) electrons. The number of fused-ring (bicyclic) bond motifs is 1. The van der Waals surface area contributed by atoms with Gasteiger partial charge >= 0.3 is 0 Å². The second-order valence-corrected chi connectivity index (χ2v) is 7.61. The third kappa shape index (κ3) is 4.15. The van der Waals surface area contributed by atoms with E-state index in [1.165, 1.54) is 0 Å². The van der Waals surface area contributed by atoms with Crippen LogP contribution in [0.1, 0.15) is 17.2 Å². The van der Waals surface area contributed by atoms with Gasteiger partial charge < -0.3 is 19.6 Å². The van der Waals surface area contributed by atoms with E-state index in [-0.39, 0.29) is 0 Å². The van der Waals surface area contributed by atoms with Gasteiger partial charge in [-0.2, -0.15) is 0 Å². The molecule has 0 bridgehead atoms. The molecule has 2 aliphatic rings. The predicted molar refractivity (Wildman–Crippen MR) is 124 cm³/mol. The Morgan fingerprint density at radius 3 is 2.73 bits per heavy atom. The van der Waals surface area contributed by atoms with Gasteiger partial charge in [0.05, 0.1) is 44.1 Å². The van der Waals surface area contributed by atoms with Crippen LogP contribution in [0.3, 0.4) is 0 Å². The molecule has 9 nitrogen and oxygen atoms in total. The summed E-state index contributed by atoms with van der Waals surface area (Å²) in [5.41, 5.74) is 3.87. The molecule has 0 saturated carbocycles. The fourth-order valence-corrected chi connectivity index (χ4v) is 4.05. The highest BCUT2D eigenvalue weighted by molar-refractivity contribution is 5.80. The lowest BCUT2D eigenvalue weighted by molar-refractivity contribution is -0.109. The zero-order valence-corrected chi connectivity index (χ0v) is 18.2. The highest BCUT2D eigenvalue weighted by Gasteiger charge is 2.30. The van der Waals surface area contributed by atoms with Gasteiger partial charge in [0, 0.05) is 18.7 Å². The summed E-state index contributed by atoms with van der Waals surface area (Å²) in [6.07, 6.45) is 7.85. The number of hydrogen-bond acceptors (Lipinski definition) is 9. The summed E-state index contributed by atoms with van der Waals surface area (Å²) in [6, 6.07) is 11.4. The van der Waals surface area contributed by atoms with Crippen molar-refractivity contribution in [2.24, 2.45) is 0 Å². The Morgan fingerprint density at radius 2 is 1.97 bits per heavy atom. The number of hydrazine groups is 1. The first kappa shape index (κ1) is 21.0. The quantitative estimate of drug-likeness (QED) is 0.576. The molecule has 0 aliphatic carbocycles. The molecule has 0 amide bonds. The smallest absolute Gasteiger partial charge is 0.232 e. The second-order valence-electron chi connectivity index (χ2n) is 7.61. The largest absolute Gasteiger partial charge is 0.480 e. The van der Waals surface area contributed by atoms with E-state index < -0.39 is 6.04 Å². The number of rotatable bonds is 6. The third-order valence-corrected chi connectivity index (χ3v) is 5.61. The summed E-state index contributed by atoms with van der Waals surface area (Å²) >= 11 is 0. The maximum Gasteiger partial charge on any atom is 0.232 e. The summed E-state index contributed by atoms with van der Waals surface area (Å²) in [6.45, 7) is 2.62. The van der Waals surface area contributed by atoms with Crippen molar-refractivity contribution < 1.29 is 14.3 Å². The Hall–Kier alpha value is -3.82. The van der Waals surface area contributed by atoms with Crippen molar-refractivity contribution in [3.8, 4) is 17.3 Å². The summed E-state index contributed by atoms with van der Waals surface area (Å²) in [7, 11) is 1.55. The molecule has 4 heterocycles. The molecule has 1 aromatic carbocycles. The SMILES string of the molecule is COc1cncc(-c2cc3c(c(N(c4ccccc4)N4CCOCC4)n2)C(C=O)NC=C3)n1. The predicted octanol–water partition coefficient (Wildman–Crippen LogP) is 2.75. The molecule has 33 heavy (non-hydrogen) atoms. The number of carbonyl (C=O) groups excluding carboxylic acids is 1. The van der Waals surface area contributed by atoms with E-state index in [2.05, 4.69) is 25.3 Å². The van der Waals surface area contributed by atoms with Gasteiger partial charge in [-0.3, -0.25) is 9.99 Å². The molecule has 1 N–H and O–H groups in total. The molecule has 1 fully saturated rings. The van der Waals surface area contributed by atoms with E-state index >= 15 is 0 Å². The van der Waals surface area contributed by atoms with Crippen LogP contribution in [0, 0.1) is 0 Å². The van der Waals surface area contributed by atoms with Crippen LogP contribution in [-0.2, 0) is 9.53 Å². The van der Waals surface area contributed by atoms with E-state index in [0.717, 1.165) is 23.1 Å². The number of aromatic nitrogens is 3. The second kappa shape index (κ2) is 9.35. The standard InChI is InChI=1S/C24H24N6O3/c1-32-22-15-25-14-20(27-22)19-13-17-7-8-26-21(16-31)23(17)24(28-19)30(18-5-3-2-4-6-18)29-9-11-33-12-10-29/h2-8,13-16,21,26H,9-12H2,1H3. The van der Waals surface area contributed by atoms with Crippen LogP contribution >= 0.6 is 0 Å². The summed E-state index contributed by atoms with van der Waals surface area (Å²) in [5.74, 6) is 1.07. The number of carbonyl (C=O) groups is 1. The molecular weight excluding hydrogens is 420 g/mol. The fraction of sp³-hybridized carbons (Fsp3) is 0.250. The van der Waals surface area contributed by atoms with Crippen molar-refractivity contribution >= 4 is 23.9 Å². The number of benzene rings is 1. The van der Waals surface area contributed by atoms with Gasteiger partial charge in [0.2, 0.25) is 5.88 Å². The molecular formula is C24H24N6O3. The van der Waals surface area contributed by atoms with Crippen LogP contribution in [0.5, 0.6) is 5.88 Å². The number of ether oxygens (including phenoxy) is 2. The van der Waals surface area contributed by atoms with Gasteiger partial charge in [-0.15, -0.1) is 0 Å². The molecule has 1 atom stereocenters. The average molecular weight is 444 g/mol. The minimum absolute atomic E-state index is 0.407. The number of nitrogens with zero attached hydrogens (tertiary/aromatic N) is 5. The van der Waals surface area contributed by atoms with Gasteiger partial charge in [0.15, 0.2) is 5.82 Å². The van der Waals surface area contributed by atoms with Crippen LogP contribution in [0.25, 0.3) is 17.5 Å². The lowest BCUT2D eigenvalue weighted by Gasteiger charge is -2.40. The minimum atomic E-state index is -0.523. The minimum Gasteiger partial charge on any atom is -0.480 e. The van der Waals surface area contributed by atoms with Gasteiger partial charge in [-0.25, -0.2) is 15.0 Å². The molecule has 2 aliphatic heterocycles. The van der Waals surface area contributed by atoms with Gasteiger partial charge in [-0.1, -0.05) is 18.2 Å². The Labute approximate surface area is 191 Å². The monoisotopic (exact) mass is 444 g/mol. The zero-order valence-electron chi connectivity index (χ0n) is 18.2. The number of methoxy groups -OCH3 is 1. The molecule has 1 unspecified atom stereocenters. The highest BCUT2D eigenvalue weighted by atomic mass is 16.5.